The van der Waals surface area contributed by atoms with Crippen molar-refractivity contribution < 1.29 is 0 Å². The summed E-state index contributed by atoms with van der Waals surface area (Å²) in [5, 5.41) is 0. The minimum Gasteiger partial charge on any atom is -0.349 e. The van der Waals surface area contributed by atoms with Gasteiger partial charge in [0, 0.05) is 40.6 Å². The van der Waals surface area contributed by atoms with Crippen LogP contribution >= 0.6 is 0 Å². The van der Waals surface area contributed by atoms with Crippen molar-refractivity contribution in [3.05, 3.63) is 29.6 Å². The van der Waals surface area contributed by atoms with Crippen LogP contribution in [0.15, 0.2) is 23.5 Å². The number of guanidine groups is 1. The van der Waals surface area contributed by atoms with Gasteiger partial charge >= 0.3 is 0 Å². The van der Waals surface area contributed by atoms with Crippen LogP contribution in [0.3, 0.4) is 0 Å². The van der Waals surface area contributed by atoms with E-state index in [-0.39, 0.29) is 0 Å². The Labute approximate surface area is 97.6 Å². The summed E-state index contributed by atoms with van der Waals surface area (Å²) in [4.78, 5) is 12.7. The molecule has 0 aliphatic carbocycles. The molecule has 0 atom stereocenters. The molecule has 0 saturated heterocycles. The Kier molecular flexibility index (Phi) is 4.28. The van der Waals surface area contributed by atoms with Crippen LogP contribution in [0.2, 0.25) is 0 Å². The van der Waals surface area contributed by atoms with E-state index in [0.29, 0.717) is 6.54 Å². The molecule has 1 aromatic rings. The molecule has 0 aliphatic rings. The molecule has 16 heavy (non-hydrogen) atoms. The van der Waals surface area contributed by atoms with Crippen molar-refractivity contribution >= 4 is 5.96 Å². The zero-order valence-electron chi connectivity index (χ0n) is 10.7. The molecule has 0 radical (unpaired) electrons. The molecule has 1 rings (SSSR count). The van der Waals surface area contributed by atoms with Crippen LogP contribution in [-0.2, 0) is 6.54 Å². The lowest BCUT2D eigenvalue weighted by Gasteiger charge is -2.22. The van der Waals surface area contributed by atoms with E-state index in [9.17, 15) is 0 Å². The Morgan fingerprint density at radius 3 is 2.31 bits per heavy atom. The lowest BCUT2D eigenvalue weighted by atomic mass is 10.2. The van der Waals surface area contributed by atoms with Crippen molar-refractivity contribution in [2.45, 2.75) is 13.5 Å². The van der Waals surface area contributed by atoms with Gasteiger partial charge in [-0.25, -0.2) is 4.99 Å². The van der Waals surface area contributed by atoms with Gasteiger partial charge in [-0.05, 0) is 18.1 Å². The molecule has 0 bridgehead atoms. The number of pyridine rings is 1. The molecule has 0 aromatic carbocycles. The maximum atomic E-state index is 4.56. The van der Waals surface area contributed by atoms with E-state index in [4.69, 9.17) is 0 Å². The Morgan fingerprint density at radius 2 is 1.81 bits per heavy atom. The fourth-order valence-corrected chi connectivity index (χ4v) is 1.55. The quantitative estimate of drug-likeness (QED) is 0.557. The summed E-state index contributed by atoms with van der Waals surface area (Å²) in [6.45, 7) is 2.71. The Hall–Kier alpha value is -1.58. The first-order valence-corrected chi connectivity index (χ1v) is 5.30. The van der Waals surface area contributed by atoms with Gasteiger partial charge < -0.3 is 9.80 Å². The maximum absolute atomic E-state index is 4.56. The Morgan fingerprint density at radius 1 is 1.19 bits per heavy atom. The fraction of sp³-hybridized carbons (Fsp3) is 0.500. The van der Waals surface area contributed by atoms with Gasteiger partial charge in [-0.1, -0.05) is 6.07 Å². The molecule has 88 valence electrons. The summed E-state index contributed by atoms with van der Waals surface area (Å²) in [7, 11) is 7.97. The van der Waals surface area contributed by atoms with Crippen molar-refractivity contribution in [1.82, 2.24) is 14.8 Å². The van der Waals surface area contributed by atoms with E-state index in [2.05, 4.69) is 16.0 Å². The summed E-state index contributed by atoms with van der Waals surface area (Å²) < 4.78 is 0. The first-order valence-electron chi connectivity index (χ1n) is 5.30. The molecule has 0 spiro atoms. The lowest BCUT2D eigenvalue weighted by molar-refractivity contribution is 0.479. The summed E-state index contributed by atoms with van der Waals surface area (Å²) in [6.07, 6.45) is 3.71. The normalized spacial score (nSPS) is 9.81. The molecular formula is C12H20N4. The standard InChI is InChI=1S/C12H20N4/c1-10-6-11(8-13-7-10)9-14-12(15(2)3)16(4)5/h6-8H,9H2,1-5H3. The second-order valence-corrected chi connectivity index (χ2v) is 4.28. The Balaban J connectivity index is 2.77. The van der Waals surface area contributed by atoms with E-state index in [1.807, 2.05) is 57.3 Å². The van der Waals surface area contributed by atoms with Crippen molar-refractivity contribution in [2.75, 3.05) is 28.2 Å². The van der Waals surface area contributed by atoms with E-state index in [1.165, 1.54) is 5.56 Å². The largest absolute Gasteiger partial charge is 0.349 e. The first-order chi connectivity index (χ1) is 7.50. The van der Waals surface area contributed by atoms with Gasteiger partial charge in [-0.2, -0.15) is 0 Å². The van der Waals surface area contributed by atoms with Crippen LogP contribution in [0.1, 0.15) is 11.1 Å². The number of rotatable bonds is 2. The SMILES string of the molecule is Cc1cncc(CN=C(N(C)C)N(C)C)c1. The van der Waals surface area contributed by atoms with Crippen LogP contribution in [0.4, 0.5) is 0 Å². The predicted octanol–water partition coefficient (Wildman–Crippen LogP) is 1.37. The van der Waals surface area contributed by atoms with Crippen molar-refractivity contribution in [1.29, 1.82) is 0 Å². The van der Waals surface area contributed by atoms with Gasteiger partial charge in [0.05, 0.1) is 6.54 Å². The van der Waals surface area contributed by atoms with Gasteiger partial charge in [0.15, 0.2) is 5.96 Å². The van der Waals surface area contributed by atoms with Gasteiger partial charge in [0.2, 0.25) is 0 Å². The van der Waals surface area contributed by atoms with Crippen molar-refractivity contribution in [3.8, 4) is 0 Å². The van der Waals surface area contributed by atoms with E-state index in [1.54, 1.807) is 0 Å². The maximum Gasteiger partial charge on any atom is 0.195 e. The molecule has 4 nitrogen and oxygen atoms in total. The summed E-state index contributed by atoms with van der Waals surface area (Å²) in [5.74, 6) is 0.960. The topological polar surface area (TPSA) is 31.7 Å². The highest BCUT2D eigenvalue weighted by Gasteiger charge is 2.03. The third-order valence-electron chi connectivity index (χ3n) is 2.13. The third-order valence-corrected chi connectivity index (χ3v) is 2.13. The second kappa shape index (κ2) is 5.49. The monoisotopic (exact) mass is 220 g/mol. The van der Waals surface area contributed by atoms with Gasteiger partial charge in [0.25, 0.3) is 0 Å². The van der Waals surface area contributed by atoms with E-state index in [0.717, 1.165) is 11.5 Å². The molecular weight excluding hydrogens is 200 g/mol. The van der Waals surface area contributed by atoms with E-state index >= 15 is 0 Å². The van der Waals surface area contributed by atoms with Crippen molar-refractivity contribution in [3.63, 3.8) is 0 Å². The zero-order valence-corrected chi connectivity index (χ0v) is 10.7. The van der Waals surface area contributed by atoms with E-state index < -0.39 is 0 Å². The molecule has 0 fully saturated rings. The number of hydrogen-bond acceptors (Lipinski definition) is 2. The molecule has 1 heterocycles. The first kappa shape index (κ1) is 12.5. The molecule has 0 unspecified atom stereocenters. The number of aliphatic imine (C=N–C) groups is 1. The number of aromatic nitrogens is 1. The summed E-state index contributed by atoms with van der Waals surface area (Å²) in [5.41, 5.74) is 2.31. The van der Waals surface area contributed by atoms with Crippen LogP contribution in [-0.4, -0.2) is 48.9 Å². The minimum atomic E-state index is 0.667. The smallest absolute Gasteiger partial charge is 0.195 e. The third kappa shape index (κ3) is 3.53. The molecule has 4 heteroatoms. The Bertz CT molecular complexity index is 359. The average molecular weight is 220 g/mol. The van der Waals surface area contributed by atoms with Crippen LogP contribution in [0, 0.1) is 6.92 Å². The van der Waals surface area contributed by atoms with Gasteiger partial charge in [0.1, 0.15) is 0 Å². The second-order valence-electron chi connectivity index (χ2n) is 4.28. The van der Waals surface area contributed by atoms with Crippen LogP contribution < -0.4 is 0 Å². The summed E-state index contributed by atoms with van der Waals surface area (Å²) in [6, 6.07) is 2.11. The van der Waals surface area contributed by atoms with Crippen molar-refractivity contribution in [2.24, 2.45) is 4.99 Å². The number of nitrogens with zero attached hydrogens (tertiary/aromatic N) is 4. The van der Waals surface area contributed by atoms with Crippen LogP contribution in [0.25, 0.3) is 0 Å². The molecule has 1 aromatic heterocycles. The minimum absolute atomic E-state index is 0.667. The van der Waals surface area contributed by atoms with Crippen LogP contribution in [0.5, 0.6) is 0 Å². The highest BCUT2D eigenvalue weighted by Crippen LogP contribution is 2.03. The number of aryl methyl sites for hydroxylation is 1. The zero-order chi connectivity index (χ0) is 12.1. The fourth-order valence-electron chi connectivity index (χ4n) is 1.55. The lowest BCUT2D eigenvalue weighted by Crippen LogP contribution is -2.35. The predicted molar refractivity (Wildman–Crippen MR) is 67.5 cm³/mol. The molecule has 0 amide bonds. The molecule has 0 N–H and O–H groups in total. The average Bonchev–Trinajstić information content (AvgIpc) is 2.16. The molecule has 0 saturated carbocycles. The number of hydrogen-bond donors (Lipinski definition) is 0. The highest BCUT2D eigenvalue weighted by atomic mass is 15.3. The molecule has 0 aliphatic heterocycles. The highest BCUT2D eigenvalue weighted by molar-refractivity contribution is 5.79. The van der Waals surface area contributed by atoms with Gasteiger partial charge in [-0.15, -0.1) is 0 Å². The van der Waals surface area contributed by atoms with Gasteiger partial charge in [-0.3, -0.25) is 4.98 Å². The summed E-state index contributed by atoms with van der Waals surface area (Å²) >= 11 is 0.